The zero-order valence-electron chi connectivity index (χ0n) is 15.3. The lowest BCUT2D eigenvalue weighted by Gasteiger charge is -2.28. The van der Waals surface area contributed by atoms with E-state index >= 15 is 0 Å². The molecule has 0 amide bonds. The number of rotatable bonds is 2. The standard InChI is InChI=1S/C19H22N2O4S/c1-13-12-14(19(2,3)4)7-8-16(13)25-18(22)15-6-5-9-21-10-11-26(23,24)20-17(15)21/h5-9,12H,10-11H2,1-4H3. The van der Waals surface area contributed by atoms with Crippen LogP contribution in [0, 0.1) is 6.92 Å². The maximum atomic E-state index is 12.6. The highest BCUT2D eigenvalue weighted by molar-refractivity contribution is 7.90. The number of benzene rings is 1. The zero-order chi connectivity index (χ0) is 19.1. The van der Waals surface area contributed by atoms with E-state index in [1.165, 1.54) is 6.08 Å². The number of aryl methyl sites for hydroxylation is 1. The number of esters is 1. The molecule has 2 aliphatic rings. The molecule has 3 rings (SSSR count). The third-order valence-corrected chi connectivity index (χ3v) is 5.47. The maximum absolute atomic E-state index is 12.6. The molecule has 2 heterocycles. The van der Waals surface area contributed by atoms with Gasteiger partial charge in [-0.2, -0.15) is 0 Å². The van der Waals surface area contributed by atoms with Gasteiger partial charge in [0.25, 0.3) is 10.0 Å². The number of carbonyl (C=O) groups is 1. The van der Waals surface area contributed by atoms with Crippen molar-refractivity contribution in [1.82, 2.24) is 4.90 Å². The van der Waals surface area contributed by atoms with Gasteiger partial charge in [-0.15, -0.1) is 4.40 Å². The molecule has 6 nitrogen and oxygen atoms in total. The van der Waals surface area contributed by atoms with Gasteiger partial charge in [0.2, 0.25) is 0 Å². The van der Waals surface area contributed by atoms with Crippen molar-refractivity contribution in [2.75, 3.05) is 12.3 Å². The van der Waals surface area contributed by atoms with Crippen molar-refractivity contribution in [1.29, 1.82) is 0 Å². The van der Waals surface area contributed by atoms with Gasteiger partial charge < -0.3 is 9.64 Å². The highest BCUT2D eigenvalue weighted by Crippen LogP contribution is 2.28. The molecule has 0 atom stereocenters. The summed E-state index contributed by atoms with van der Waals surface area (Å²) in [7, 11) is -3.56. The second kappa shape index (κ2) is 6.39. The number of nitrogens with zero attached hydrogens (tertiary/aromatic N) is 2. The van der Waals surface area contributed by atoms with Gasteiger partial charge in [-0.1, -0.05) is 32.9 Å². The molecule has 0 radical (unpaired) electrons. The molecule has 0 aromatic heterocycles. The molecule has 0 unspecified atom stereocenters. The predicted molar refractivity (Wildman–Crippen MR) is 101 cm³/mol. The summed E-state index contributed by atoms with van der Waals surface area (Å²) in [6.45, 7) is 8.48. The van der Waals surface area contributed by atoms with Crippen LogP contribution in [0.4, 0.5) is 0 Å². The molecule has 2 aliphatic heterocycles. The molecule has 0 saturated heterocycles. The van der Waals surface area contributed by atoms with Gasteiger partial charge in [-0.05, 0) is 41.7 Å². The van der Waals surface area contributed by atoms with Crippen LogP contribution < -0.4 is 4.74 Å². The Morgan fingerprint density at radius 1 is 1.27 bits per heavy atom. The number of fused-ring (bicyclic) bond motifs is 1. The molecular formula is C19H22N2O4S. The molecule has 0 aliphatic carbocycles. The molecular weight excluding hydrogens is 352 g/mol. The van der Waals surface area contributed by atoms with Gasteiger partial charge in [0, 0.05) is 12.7 Å². The first-order valence-corrected chi connectivity index (χ1v) is 9.99. The molecule has 0 spiro atoms. The van der Waals surface area contributed by atoms with E-state index < -0.39 is 16.0 Å². The van der Waals surface area contributed by atoms with Crippen molar-refractivity contribution in [3.8, 4) is 5.75 Å². The van der Waals surface area contributed by atoms with E-state index in [-0.39, 0.29) is 29.1 Å². The Morgan fingerprint density at radius 3 is 2.65 bits per heavy atom. The fraction of sp³-hybridized carbons (Fsp3) is 0.368. The molecule has 26 heavy (non-hydrogen) atoms. The Balaban J connectivity index is 1.87. The van der Waals surface area contributed by atoms with E-state index in [4.69, 9.17) is 4.74 Å². The van der Waals surface area contributed by atoms with E-state index in [1.807, 2.05) is 19.1 Å². The van der Waals surface area contributed by atoms with E-state index in [2.05, 4.69) is 25.2 Å². The Hall–Kier alpha value is -2.41. The first-order valence-electron chi connectivity index (χ1n) is 8.38. The van der Waals surface area contributed by atoms with Crippen LogP contribution in [0.5, 0.6) is 5.75 Å². The summed E-state index contributed by atoms with van der Waals surface area (Å²) in [5.74, 6) is -0.130. The minimum atomic E-state index is -3.56. The van der Waals surface area contributed by atoms with Crippen molar-refractivity contribution >= 4 is 21.8 Å². The lowest BCUT2D eigenvalue weighted by molar-refractivity contribution is -0.129. The first-order chi connectivity index (χ1) is 12.1. The number of hydrogen-bond acceptors (Lipinski definition) is 5. The summed E-state index contributed by atoms with van der Waals surface area (Å²) < 4.78 is 32.9. The van der Waals surface area contributed by atoms with Crippen molar-refractivity contribution in [2.24, 2.45) is 4.40 Å². The van der Waals surface area contributed by atoms with Crippen molar-refractivity contribution in [3.63, 3.8) is 0 Å². The fourth-order valence-electron chi connectivity index (χ4n) is 2.76. The van der Waals surface area contributed by atoms with Gasteiger partial charge in [0.05, 0.1) is 5.75 Å². The summed E-state index contributed by atoms with van der Waals surface area (Å²) in [4.78, 5) is 14.3. The second-order valence-electron chi connectivity index (χ2n) is 7.44. The summed E-state index contributed by atoms with van der Waals surface area (Å²) in [6.07, 6.45) is 4.91. The SMILES string of the molecule is Cc1cc(C(C)(C)C)ccc1OC(=O)C1=CC=CN2CCS(=O)(=O)N=C12. The van der Waals surface area contributed by atoms with Gasteiger partial charge in [-0.3, -0.25) is 0 Å². The van der Waals surface area contributed by atoms with Crippen LogP contribution in [0.1, 0.15) is 31.9 Å². The third-order valence-electron chi connectivity index (χ3n) is 4.32. The quantitative estimate of drug-likeness (QED) is 0.588. The molecule has 7 heteroatoms. The summed E-state index contributed by atoms with van der Waals surface area (Å²) in [6, 6.07) is 5.69. The number of carbonyl (C=O) groups excluding carboxylic acids is 1. The summed E-state index contributed by atoms with van der Waals surface area (Å²) in [5.41, 5.74) is 2.11. The van der Waals surface area contributed by atoms with Gasteiger partial charge in [-0.25, -0.2) is 13.2 Å². The topological polar surface area (TPSA) is 76.0 Å². The number of hydrogen-bond donors (Lipinski definition) is 0. The Kier molecular flexibility index (Phi) is 4.52. The van der Waals surface area contributed by atoms with Crippen LogP contribution >= 0.6 is 0 Å². The molecule has 138 valence electrons. The Labute approximate surface area is 153 Å². The van der Waals surface area contributed by atoms with Gasteiger partial charge in [0.15, 0.2) is 5.84 Å². The minimum Gasteiger partial charge on any atom is -0.423 e. The van der Waals surface area contributed by atoms with Crippen molar-refractivity contribution in [3.05, 3.63) is 53.3 Å². The summed E-state index contributed by atoms with van der Waals surface area (Å²) >= 11 is 0. The average molecular weight is 374 g/mol. The Bertz CT molecular complexity index is 950. The van der Waals surface area contributed by atoms with E-state index in [1.54, 1.807) is 23.2 Å². The first kappa shape index (κ1) is 18.4. The maximum Gasteiger partial charge on any atom is 0.347 e. The second-order valence-corrected chi connectivity index (χ2v) is 9.19. The normalized spacial score (nSPS) is 18.7. The van der Waals surface area contributed by atoms with E-state index in [0.717, 1.165) is 11.1 Å². The van der Waals surface area contributed by atoms with Crippen LogP contribution in [0.3, 0.4) is 0 Å². The molecule has 0 N–H and O–H groups in total. The molecule has 0 fully saturated rings. The number of allylic oxidation sites excluding steroid dienone is 2. The van der Waals surface area contributed by atoms with E-state index in [0.29, 0.717) is 5.75 Å². The smallest absolute Gasteiger partial charge is 0.347 e. The van der Waals surface area contributed by atoms with Crippen LogP contribution in [-0.2, 0) is 20.2 Å². The van der Waals surface area contributed by atoms with E-state index in [9.17, 15) is 13.2 Å². The third kappa shape index (κ3) is 3.72. The van der Waals surface area contributed by atoms with Crippen molar-refractivity contribution < 1.29 is 17.9 Å². The molecule has 0 bridgehead atoms. The molecule has 0 saturated carbocycles. The largest absolute Gasteiger partial charge is 0.423 e. The van der Waals surface area contributed by atoms with Gasteiger partial charge in [0.1, 0.15) is 11.3 Å². The molecule has 1 aromatic carbocycles. The monoisotopic (exact) mass is 374 g/mol. The fourth-order valence-corrected chi connectivity index (χ4v) is 3.75. The lowest BCUT2D eigenvalue weighted by Crippen LogP contribution is -2.40. The highest BCUT2D eigenvalue weighted by atomic mass is 32.2. The number of ether oxygens (including phenoxy) is 1. The predicted octanol–water partition coefficient (Wildman–Crippen LogP) is 2.70. The van der Waals surface area contributed by atoms with Crippen LogP contribution in [-0.4, -0.2) is 37.4 Å². The summed E-state index contributed by atoms with van der Waals surface area (Å²) in [5, 5.41) is 0. The zero-order valence-corrected chi connectivity index (χ0v) is 16.1. The van der Waals surface area contributed by atoms with Crippen molar-refractivity contribution in [2.45, 2.75) is 33.1 Å². The van der Waals surface area contributed by atoms with Crippen LogP contribution in [0.15, 0.2) is 46.5 Å². The Morgan fingerprint density at radius 2 is 2.00 bits per heavy atom. The number of sulfonamides is 1. The van der Waals surface area contributed by atoms with Crippen LogP contribution in [0.25, 0.3) is 0 Å². The minimum absolute atomic E-state index is 0.00428. The average Bonchev–Trinajstić information content (AvgIpc) is 2.54. The molecule has 1 aromatic rings. The van der Waals surface area contributed by atoms with Crippen LogP contribution in [0.2, 0.25) is 0 Å². The van der Waals surface area contributed by atoms with Gasteiger partial charge >= 0.3 is 5.97 Å². The highest BCUT2D eigenvalue weighted by Gasteiger charge is 2.31. The number of amidine groups is 1. The lowest BCUT2D eigenvalue weighted by atomic mass is 9.86.